The standard InChI is InChI=1S/C21H20N2O3/c1-26-21(25)16-9-6-15(7-10-16)8-11-20(24)22-13-12-17-14-23-19-5-3-2-4-18(17)19/h2-11,14,23H,12-13H2,1H3,(H,22,24)/b11-8+. The number of nitrogens with one attached hydrogen (secondary N) is 2. The third-order valence-electron chi connectivity index (χ3n) is 4.13. The molecule has 5 heteroatoms. The SMILES string of the molecule is COC(=O)c1ccc(/C=C/C(=O)NCCc2c[nH]c3ccccc23)cc1. The van der Waals surface area contributed by atoms with E-state index in [9.17, 15) is 9.59 Å². The number of esters is 1. The summed E-state index contributed by atoms with van der Waals surface area (Å²) >= 11 is 0. The summed E-state index contributed by atoms with van der Waals surface area (Å²) < 4.78 is 4.65. The minimum absolute atomic E-state index is 0.151. The highest BCUT2D eigenvalue weighted by molar-refractivity contribution is 5.92. The predicted octanol–water partition coefficient (Wildman–Crippen LogP) is 3.33. The largest absolute Gasteiger partial charge is 0.465 e. The normalized spacial score (nSPS) is 11.0. The third kappa shape index (κ3) is 4.19. The number of para-hydroxylation sites is 1. The van der Waals surface area contributed by atoms with Crippen LogP contribution in [0, 0.1) is 0 Å². The number of carbonyl (C=O) groups excluding carboxylic acids is 2. The number of aromatic amines is 1. The fourth-order valence-corrected chi connectivity index (χ4v) is 2.74. The molecule has 0 aliphatic heterocycles. The van der Waals surface area contributed by atoms with Crippen molar-refractivity contribution in [1.82, 2.24) is 10.3 Å². The number of fused-ring (bicyclic) bond motifs is 1. The van der Waals surface area contributed by atoms with Crippen LogP contribution in [0.15, 0.2) is 60.8 Å². The minimum atomic E-state index is -0.379. The Morgan fingerprint density at radius 3 is 2.65 bits per heavy atom. The average Bonchev–Trinajstić information content (AvgIpc) is 3.09. The van der Waals surface area contributed by atoms with Crippen LogP contribution in [0.1, 0.15) is 21.5 Å². The first-order chi connectivity index (χ1) is 12.7. The van der Waals surface area contributed by atoms with Crippen LogP contribution in [-0.2, 0) is 16.0 Å². The summed E-state index contributed by atoms with van der Waals surface area (Å²) in [4.78, 5) is 26.6. The second-order valence-corrected chi connectivity index (χ2v) is 5.85. The molecule has 132 valence electrons. The monoisotopic (exact) mass is 348 g/mol. The number of ether oxygens (including phenoxy) is 1. The van der Waals surface area contributed by atoms with Crippen molar-refractivity contribution in [3.05, 3.63) is 77.5 Å². The summed E-state index contributed by atoms with van der Waals surface area (Å²) in [6.45, 7) is 0.562. The number of H-pyrrole nitrogens is 1. The number of methoxy groups -OCH3 is 1. The molecule has 0 fully saturated rings. The van der Waals surface area contributed by atoms with Crippen molar-refractivity contribution < 1.29 is 14.3 Å². The molecule has 26 heavy (non-hydrogen) atoms. The molecule has 3 aromatic rings. The van der Waals surface area contributed by atoms with Gasteiger partial charge in [0.25, 0.3) is 0 Å². The van der Waals surface area contributed by atoms with E-state index in [2.05, 4.69) is 21.1 Å². The second kappa shape index (κ2) is 8.16. The van der Waals surface area contributed by atoms with Crippen molar-refractivity contribution in [3.63, 3.8) is 0 Å². The zero-order valence-corrected chi connectivity index (χ0v) is 14.5. The van der Waals surface area contributed by atoms with E-state index in [1.807, 2.05) is 24.4 Å². The summed E-state index contributed by atoms with van der Waals surface area (Å²) in [5.41, 5.74) is 3.60. The zero-order chi connectivity index (χ0) is 18.4. The molecule has 2 N–H and O–H groups in total. The Hall–Kier alpha value is -3.34. The molecule has 0 bridgehead atoms. The van der Waals surface area contributed by atoms with Crippen molar-refractivity contribution in [3.8, 4) is 0 Å². The average molecular weight is 348 g/mol. The van der Waals surface area contributed by atoms with E-state index in [1.54, 1.807) is 30.3 Å². The molecular formula is C21H20N2O3. The minimum Gasteiger partial charge on any atom is -0.465 e. The summed E-state index contributed by atoms with van der Waals surface area (Å²) in [5.74, 6) is -0.530. The molecule has 2 aromatic carbocycles. The quantitative estimate of drug-likeness (QED) is 0.530. The highest BCUT2D eigenvalue weighted by Gasteiger charge is 2.04. The Kier molecular flexibility index (Phi) is 5.49. The molecule has 0 radical (unpaired) electrons. The van der Waals surface area contributed by atoms with Crippen molar-refractivity contribution in [1.29, 1.82) is 0 Å². The molecule has 0 saturated heterocycles. The van der Waals surface area contributed by atoms with Crippen LogP contribution < -0.4 is 5.32 Å². The van der Waals surface area contributed by atoms with Crippen LogP contribution in [0.2, 0.25) is 0 Å². The lowest BCUT2D eigenvalue weighted by Crippen LogP contribution is -2.23. The molecule has 0 unspecified atom stereocenters. The van der Waals surface area contributed by atoms with Crippen molar-refractivity contribution in [2.45, 2.75) is 6.42 Å². The van der Waals surface area contributed by atoms with E-state index in [4.69, 9.17) is 0 Å². The fourth-order valence-electron chi connectivity index (χ4n) is 2.74. The van der Waals surface area contributed by atoms with Crippen LogP contribution in [0.25, 0.3) is 17.0 Å². The number of carbonyl (C=O) groups is 2. The van der Waals surface area contributed by atoms with E-state index in [-0.39, 0.29) is 11.9 Å². The molecular weight excluding hydrogens is 328 g/mol. The Morgan fingerprint density at radius 1 is 1.12 bits per heavy atom. The molecule has 1 aromatic heterocycles. The number of amides is 1. The fraction of sp³-hybridized carbons (Fsp3) is 0.143. The highest BCUT2D eigenvalue weighted by Crippen LogP contribution is 2.17. The van der Waals surface area contributed by atoms with Gasteiger partial charge in [-0.05, 0) is 41.8 Å². The third-order valence-corrected chi connectivity index (χ3v) is 4.13. The van der Waals surface area contributed by atoms with Crippen molar-refractivity contribution in [2.24, 2.45) is 0 Å². The van der Waals surface area contributed by atoms with Crippen molar-refractivity contribution >= 4 is 28.9 Å². The number of benzene rings is 2. The first-order valence-electron chi connectivity index (χ1n) is 8.36. The smallest absolute Gasteiger partial charge is 0.337 e. The van der Waals surface area contributed by atoms with Gasteiger partial charge in [0, 0.05) is 29.7 Å². The summed E-state index contributed by atoms with van der Waals surface area (Å²) in [6.07, 6.45) is 5.94. The molecule has 1 heterocycles. The van der Waals surface area contributed by atoms with Gasteiger partial charge in [0.2, 0.25) is 5.91 Å². The van der Waals surface area contributed by atoms with Gasteiger partial charge in [-0.15, -0.1) is 0 Å². The maximum atomic E-state index is 12.0. The first-order valence-corrected chi connectivity index (χ1v) is 8.36. The summed E-state index contributed by atoms with van der Waals surface area (Å²) in [5, 5.41) is 4.06. The number of hydrogen-bond acceptors (Lipinski definition) is 3. The van der Waals surface area contributed by atoms with Gasteiger partial charge in [0.1, 0.15) is 0 Å². The van der Waals surface area contributed by atoms with Crippen LogP contribution in [0.5, 0.6) is 0 Å². The molecule has 5 nitrogen and oxygen atoms in total. The van der Waals surface area contributed by atoms with Crippen LogP contribution in [0.3, 0.4) is 0 Å². The predicted molar refractivity (Wildman–Crippen MR) is 102 cm³/mol. The second-order valence-electron chi connectivity index (χ2n) is 5.85. The molecule has 3 rings (SSSR count). The van der Waals surface area contributed by atoms with Gasteiger partial charge >= 0.3 is 5.97 Å². The number of hydrogen-bond donors (Lipinski definition) is 2. The van der Waals surface area contributed by atoms with Gasteiger partial charge in [-0.2, -0.15) is 0 Å². The van der Waals surface area contributed by atoms with Gasteiger partial charge in [0.15, 0.2) is 0 Å². The topological polar surface area (TPSA) is 71.2 Å². The molecule has 0 aliphatic carbocycles. The lowest BCUT2D eigenvalue weighted by molar-refractivity contribution is -0.116. The van der Waals surface area contributed by atoms with Gasteiger partial charge < -0.3 is 15.0 Å². The van der Waals surface area contributed by atoms with Crippen LogP contribution >= 0.6 is 0 Å². The van der Waals surface area contributed by atoms with Gasteiger partial charge in [0.05, 0.1) is 12.7 Å². The van der Waals surface area contributed by atoms with Crippen LogP contribution in [0.4, 0.5) is 0 Å². The molecule has 0 spiro atoms. The van der Waals surface area contributed by atoms with E-state index >= 15 is 0 Å². The number of aromatic nitrogens is 1. The number of rotatable bonds is 6. The van der Waals surface area contributed by atoms with E-state index in [0.29, 0.717) is 12.1 Å². The highest BCUT2D eigenvalue weighted by atomic mass is 16.5. The van der Waals surface area contributed by atoms with E-state index < -0.39 is 0 Å². The maximum absolute atomic E-state index is 12.0. The molecule has 0 atom stereocenters. The lowest BCUT2D eigenvalue weighted by Gasteiger charge is -2.02. The Balaban J connectivity index is 1.51. The lowest BCUT2D eigenvalue weighted by atomic mass is 10.1. The Bertz CT molecular complexity index is 939. The van der Waals surface area contributed by atoms with Gasteiger partial charge in [-0.1, -0.05) is 30.3 Å². The van der Waals surface area contributed by atoms with E-state index in [0.717, 1.165) is 17.5 Å². The van der Waals surface area contributed by atoms with Gasteiger partial charge in [-0.25, -0.2) is 4.79 Å². The van der Waals surface area contributed by atoms with Crippen LogP contribution in [-0.4, -0.2) is 30.5 Å². The zero-order valence-electron chi connectivity index (χ0n) is 14.5. The van der Waals surface area contributed by atoms with E-state index in [1.165, 1.54) is 24.1 Å². The summed E-state index contributed by atoms with van der Waals surface area (Å²) in [7, 11) is 1.34. The first kappa shape index (κ1) is 17.5. The molecule has 0 saturated carbocycles. The van der Waals surface area contributed by atoms with Gasteiger partial charge in [-0.3, -0.25) is 4.79 Å². The Labute approximate surface area is 151 Å². The van der Waals surface area contributed by atoms with Crippen molar-refractivity contribution in [2.75, 3.05) is 13.7 Å². The summed E-state index contributed by atoms with van der Waals surface area (Å²) in [6, 6.07) is 15.0. The molecule has 1 amide bonds. The molecule has 0 aliphatic rings. The Morgan fingerprint density at radius 2 is 1.88 bits per heavy atom. The maximum Gasteiger partial charge on any atom is 0.337 e.